The SMILES string of the molecule is COCc1nc(N)cc(N2CCCCCC2C)n1. The molecule has 1 unspecified atom stereocenters. The van der Waals surface area contributed by atoms with Crippen molar-refractivity contribution in [2.24, 2.45) is 0 Å². The van der Waals surface area contributed by atoms with Crippen LogP contribution in [0.3, 0.4) is 0 Å². The molecule has 2 N–H and O–H groups in total. The van der Waals surface area contributed by atoms with Crippen LogP contribution >= 0.6 is 0 Å². The van der Waals surface area contributed by atoms with Gasteiger partial charge in [0.2, 0.25) is 0 Å². The molecule has 1 fully saturated rings. The minimum Gasteiger partial charge on any atom is -0.384 e. The van der Waals surface area contributed by atoms with Crippen molar-refractivity contribution in [1.29, 1.82) is 0 Å². The van der Waals surface area contributed by atoms with Crippen LogP contribution in [0, 0.1) is 0 Å². The third kappa shape index (κ3) is 3.10. The fourth-order valence-electron chi connectivity index (χ4n) is 2.46. The number of nitrogen functional groups attached to an aromatic ring is 1. The first-order chi connectivity index (χ1) is 8.70. The molecule has 1 saturated heterocycles. The number of aromatic nitrogens is 2. The fourth-order valence-corrected chi connectivity index (χ4v) is 2.46. The summed E-state index contributed by atoms with van der Waals surface area (Å²) < 4.78 is 5.08. The maximum absolute atomic E-state index is 5.85. The molecule has 1 aromatic heterocycles. The topological polar surface area (TPSA) is 64.3 Å². The summed E-state index contributed by atoms with van der Waals surface area (Å²) in [7, 11) is 1.64. The molecule has 0 radical (unpaired) electrons. The second-order valence-electron chi connectivity index (χ2n) is 4.89. The van der Waals surface area contributed by atoms with Gasteiger partial charge < -0.3 is 15.4 Å². The molecule has 5 nitrogen and oxygen atoms in total. The largest absolute Gasteiger partial charge is 0.384 e. The monoisotopic (exact) mass is 250 g/mol. The fraction of sp³-hybridized carbons (Fsp3) is 0.692. The Morgan fingerprint density at radius 2 is 2.22 bits per heavy atom. The van der Waals surface area contributed by atoms with Gasteiger partial charge in [-0.25, -0.2) is 9.97 Å². The first kappa shape index (κ1) is 13.1. The van der Waals surface area contributed by atoms with Crippen molar-refractivity contribution in [2.75, 3.05) is 24.3 Å². The van der Waals surface area contributed by atoms with Crippen molar-refractivity contribution in [3.63, 3.8) is 0 Å². The van der Waals surface area contributed by atoms with Crippen molar-refractivity contribution in [2.45, 2.75) is 45.3 Å². The van der Waals surface area contributed by atoms with Gasteiger partial charge in [-0.2, -0.15) is 0 Å². The van der Waals surface area contributed by atoms with Gasteiger partial charge in [-0.15, -0.1) is 0 Å². The van der Waals surface area contributed by atoms with Gasteiger partial charge in [-0.1, -0.05) is 12.8 Å². The van der Waals surface area contributed by atoms with Gasteiger partial charge in [0, 0.05) is 25.8 Å². The van der Waals surface area contributed by atoms with E-state index in [1.165, 1.54) is 25.7 Å². The third-order valence-electron chi connectivity index (χ3n) is 3.40. The predicted molar refractivity (Wildman–Crippen MR) is 72.4 cm³/mol. The van der Waals surface area contributed by atoms with Crippen LogP contribution in [0.2, 0.25) is 0 Å². The highest BCUT2D eigenvalue weighted by atomic mass is 16.5. The molecule has 0 bridgehead atoms. The Kier molecular flexibility index (Phi) is 4.36. The van der Waals surface area contributed by atoms with Gasteiger partial charge in [0.25, 0.3) is 0 Å². The van der Waals surface area contributed by atoms with E-state index in [0.29, 0.717) is 24.3 Å². The van der Waals surface area contributed by atoms with Crippen LogP contribution in [0.25, 0.3) is 0 Å². The van der Waals surface area contributed by atoms with Crippen molar-refractivity contribution in [3.8, 4) is 0 Å². The number of hydrogen-bond donors (Lipinski definition) is 1. The number of nitrogens with two attached hydrogens (primary N) is 1. The highest BCUT2D eigenvalue weighted by Crippen LogP contribution is 2.23. The van der Waals surface area contributed by atoms with Gasteiger partial charge in [0.05, 0.1) is 0 Å². The highest BCUT2D eigenvalue weighted by Gasteiger charge is 2.19. The summed E-state index contributed by atoms with van der Waals surface area (Å²) >= 11 is 0. The van der Waals surface area contributed by atoms with Crippen LogP contribution in [0.1, 0.15) is 38.4 Å². The lowest BCUT2D eigenvalue weighted by Gasteiger charge is -2.28. The first-order valence-electron chi connectivity index (χ1n) is 6.59. The van der Waals surface area contributed by atoms with E-state index in [2.05, 4.69) is 21.8 Å². The summed E-state index contributed by atoms with van der Waals surface area (Å²) in [6.45, 7) is 3.70. The summed E-state index contributed by atoms with van der Waals surface area (Å²) in [5, 5.41) is 0. The molecule has 1 aliphatic heterocycles. The summed E-state index contributed by atoms with van der Waals surface area (Å²) in [5.41, 5.74) is 5.85. The van der Waals surface area contributed by atoms with E-state index in [1.807, 2.05) is 6.07 Å². The van der Waals surface area contributed by atoms with Crippen molar-refractivity contribution < 1.29 is 4.74 Å². The van der Waals surface area contributed by atoms with E-state index < -0.39 is 0 Å². The van der Waals surface area contributed by atoms with E-state index >= 15 is 0 Å². The Morgan fingerprint density at radius 1 is 1.39 bits per heavy atom. The lowest BCUT2D eigenvalue weighted by atomic mass is 10.1. The Hall–Kier alpha value is -1.36. The van der Waals surface area contributed by atoms with E-state index in [4.69, 9.17) is 10.5 Å². The molecule has 100 valence electrons. The Balaban J connectivity index is 2.24. The number of methoxy groups -OCH3 is 1. The number of nitrogens with zero attached hydrogens (tertiary/aromatic N) is 3. The molecular weight excluding hydrogens is 228 g/mol. The quantitative estimate of drug-likeness (QED) is 0.888. The number of ether oxygens (including phenoxy) is 1. The van der Waals surface area contributed by atoms with Crippen molar-refractivity contribution in [1.82, 2.24) is 9.97 Å². The molecule has 2 heterocycles. The molecule has 1 aromatic rings. The molecular formula is C13H22N4O. The van der Waals surface area contributed by atoms with Gasteiger partial charge in [-0.05, 0) is 19.8 Å². The van der Waals surface area contributed by atoms with Crippen LogP contribution in [0.15, 0.2) is 6.07 Å². The molecule has 0 spiro atoms. The van der Waals surface area contributed by atoms with Gasteiger partial charge in [0.1, 0.15) is 18.2 Å². The molecule has 0 amide bonds. The van der Waals surface area contributed by atoms with Crippen LogP contribution in [-0.2, 0) is 11.3 Å². The predicted octanol–water partition coefficient (Wildman–Crippen LogP) is 1.97. The average molecular weight is 250 g/mol. The molecule has 0 aliphatic carbocycles. The second kappa shape index (κ2) is 6.00. The highest BCUT2D eigenvalue weighted by molar-refractivity contribution is 5.47. The number of rotatable bonds is 3. The molecule has 5 heteroatoms. The minimum atomic E-state index is 0.403. The zero-order chi connectivity index (χ0) is 13.0. The molecule has 0 saturated carbocycles. The van der Waals surface area contributed by atoms with E-state index in [-0.39, 0.29) is 0 Å². The zero-order valence-corrected chi connectivity index (χ0v) is 11.2. The van der Waals surface area contributed by atoms with Crippen LogP contribution < -0.4 is 10.6 Å². The zero-order valence-electron chi connectivity index (χ0n) is 11.2. The Bertz CT molecular complexity index is 397. The van der Waals surface area contributed by atoms with Gasteiger partial charge in [0.15, 0.2) is 5.82 Å². The summed E-state index contributed by atoms with van der Waals surface area (Å²) in [6.07, 6.45) is 5.02. The number of anilines is 2. The summed E-state index contributed by atoms with van der Waals surface area (Å²) in [6, 6.07) is 2.37. The third-order valence-corrected chi connectivity index (χ3v) is 3.40. The van der Waals surface area contributed by atoms with Gasteiger partial charge in [-0.3, -0.25) is 0 Å². The maximum Gasteiger partial charge on any atom is 0.158 e. The number of hydrogen-bond acceptors (Lipinski definition) is 5. The molecule has 1 aliphatic rings. The molecule has 18 heavy (non-hydrogen) atoms. The molecule has 2 rings (SSSR count). The van der Waals surface area contributed by atoms with E-state index in [1.54, 1.807) is 7.11 Å². The summed E-state index contributed by atoms with van der Waals surface area (Å²) in [5.74, 6) is 2.11. The van der Waals surface area contributed by atoms with Gasteiger partial charge >= 0.3 is 0 Å². The smallest absolute Gasteiger partial charge is 0.158 e. The summed E-state index contributed by atoms with van der Waals surface area (Å²) in [4.78, 5) is 11.1. The second-order valence-corrected chi connectivity index (χ2v) is 4.89. The standard InChI is InChI=1S/C13H22N4O/c1-10-6-4-3-5-7-17(10)13-8-11(14)15-12(16-13)9-18-2/h8,10H,3-7,9H2,1-2H3,(H2,14,15,16). The van der Waals surface area contributed by atoms with Crippen molar-refractivity contribution in [3.05, 3.63) is 11.9 Å². The lowest BCUT2D eigenvalue weighted by molar-refractivity contribution is 0.178. The average Bonchev–Trinajstić information content (AvgIpc) is 2.53. The Labute approximate surface area is 108 Å². The first-order valence-corrected chi connectivity index (χ1v) is 6.59. The van der Waals surface area contributed by atoms with Crippen molar-refractivity contribution >= 4 is 11.6 Å². The van der Waals surface area contributed by atoms with E-state index in [9.17, 15) is 0 Å². The normalized spacial score (nSPS) is 20.8. The maximum atomic E-state index is 5.85. The van der Waals surface area contributed by atoms with Crippen LogP contribution in [-0.4, -0.2) is 29.7 Å². The molecule has 0 aromatic carbocycles. The van der Waals surface area contributed by atoms with Crippen LogP contribution in [0.5, 0.6) is 0 Å². The minimum absolute atomic E-state index is 0.403. The van der Waals surface area contributed by atoms with E-state index in [0.717, 1.165) is 12.4 Å². The molecule has 1 atom stereocenters. The Morgan fingerprint density at radius 3 is 3.00 bits per heavy atom. The van der Waals surface area contributed by atoms with Crippen LogP contribution in [0.4, 0.5) is 11.6 Å². The lowest BCUT2D eigenvalue weighted by Crippen LogP contribution is -2.33.